The first-order chi connectivity index (χ1) is 7.42. The van der Waals surface area contributed by atoms with E-state index >= 15 is 0 Å². The van der Waals surface area contributed by atoms with Gasteiger partial charge in [-0.05, 0) is 0 Å². The Morgan fingerprint density at radius 2 is 1.13 bits per heavy atom. The standard InChI is InChI=1S/C13H11P.Pd/c1-14(12-8-4-2-5-9-12)13-10-6-3-7-11-13;/h1-11H;. The van der Waals surface area contributed by atoms with Gasteiger partial charge >= 0.3 is 102 Å². The molecule has 0 radical (unpaired) electrons. The molecule has 2 aromatic rings. The normalized spacial score (nSPS) is 10.3. The van der Waals surface area contributed by atoms with Crippen molar-refractivity contribution in [3.63, 3.8) is 0 Å². The Bertz CT molecular complexity index is 385. The van der Waals surface area contributed by atoms with E-state index in [9.17, 15) is 0 Å². The van der Waals surface area contributed by atoms with Gasteiger partial charge in [0, 0.05) is 0 Å². The van der Waals surface area contributed by atoms with Crippen LogP contribution in [0.3, 0.4) is 0 Å². The third-order valence-corrected chi connectivity index (χ3v) is 5.23. The SMILES string of the molecule is [Pd]=[CH]P(c1ccccc1)c1ccccc1. The summed E-state index contributed by atoms with van der Waals surface area (Å²) in [6.07, 6.45) is 0. The zero-order valence-electron chi connectivity index (χ0n) is 8.11. The fraction of sp³-hybridized carbons (Fsp3) is 0. The summed E-state index contributed by atoms with van der Waals surface area (Å²) in [5.41, 5.74) is 0. The first-order valence-electron chi connectivity index (χ1n) is 4.71. The van der Waals surface area contributed by atoms with Gasteiger partial charge in [0.1, 0.15) is 0 Å². The number of rotatable bonds is 3. The Morgan fingerprint density at radius 1 is 0.733 bits per heavy atom. The fourth-order valence-electron chi connectivity index (χ4n) is 1.42. The molecule has 0 unspecified atom stereocenters. The van der Waals surface area contributed by atoms with E-state index in [0.717, 1.165) is 0 Å². The summed E-state index contributed by atoms with van der Waals surface area (Å²) in [6.45, 7) is 0. The van der Waals surface area contributed by atoms with Crippen LogP contribution < -0.4 is 10.6 Å². The van der Waals surface area contributed by atoms with E-state index in [-0.39, 0.29) is 7.92 Å². The van der Waals surface area contributed by atoms with Crippen LogP contribution in [0.5, 0.6) is 0 Å². The van der Waals surface area contributed by atoms with Gasteiger partial charge in [0.2, 0.25) is 0 Å². The molecule has 0 N–H and O–H groups in total. The summed E-state index contributed by atoms with van der Waals surface area (Å²) in [4.78, 5) is 0. The molecule has 0 heterocycles. The molecule has 0 spiro atoms. The Hall–Kier alpha value is -0.598. The molecule has 0 saturated heterocycles. The van der Waals surface area contributed by atoms with Crippen molar-refractivity contribution < 1.29 is 18.7 Å². The van der Waals surface area contributed by atoms with Crippen molar-refractivity contribution in [2.24, 2.45) is 0 Å². The minimum absolute atomic E-state index is 0.340. The average molecular weight is 305 g/mol. The molecule has 2 heteroatoms. The first-order valence-corrected chi connectivity index (χ1v) is 7.02. The summed E-state index contributed by atoms with van der Waals surface area (Å²) in [5, 5.41) is 2.76. The molecule has 0 aliphatic heterocycles. The third kappa shape index (κ3) is 2.70. The quantitative estimate of drug-likeness (QED) is 0.603. The zero-order chi connectivity index (χ0) is 10.5. The van der Waals surface area contributed by atoms with Crippen LogP contribution in [0.4, 0.5) is 0 Å². The molecule has 2 rings (SSSR count). The van der Waals surface area contributed by atoms with Crippen LogP contribution >= 0.6 is 7.92 Å². The monoisotopic (exact) mass is 304 g/mol. The van der Waals surface area contributed by atoms with Crippen molar-refractivity contribution in [3.8, 4) is 0 Å². The van der Waals surface area contributed by atoms with Crippen molar-refractivity contribution in [2.45, 2.75) is 0 Å². The molecule has 0 nitrogen and oxygen atoms in total. The molecule has 0 amide bonds. The number of hydrogen-bond acceptors (Lipinski definition) is 0. The Labute approximate surface area is 102 Å². The van der Waals surface area contributed by atoms with Crippen molar-refractivity contribution in [2.75, 3.05) is 0 Å². The zero-order valence-corrected chi connectivity index (χ0v) is 10.6. The number of hydrogen-bond donors (Lipinski definition) is 0. The van der Waals surface area contributed by atoms with Crippen LogP contribution in [0.25, 0.3) is 0 Å². The van der Waals surface area contributed by atoms with Crippen molar-refractivity contribution in [1.82, 2.24) is 0 Å². The van der Waals surface area contributed by atoms with Gasteiger partial charge in [-0.15, -0.1) is 0 Å². The van der Waals surface area contributed by atoms with Crippen LogP contribution in [0.15, 0.2) is 60.7 Å². The molecule has 0 fully saturated rings. The molecule has 0 bridgehead atoms. The molecule has 15 heavy (non-hydrogen) atoms. The maximum atomic E-state index is 3.22. The summed E-state index contributed by atoms with van der Waals surface area (Å²) in [7, 11) is -0.340. The van der Waals surface area contributed by atoms with E-state index in [1.54, 1.807) is 0 Å². The number of benzene rings is 2. The third-order valence-electron chi connectivity index (χ3n) is 2.15. The predicted molar refractivity (Wildman–Crippen MR) is 65.1 cm³/mol. The van der Waals surface area contributed by atoms with E-state index in [4.69, 9.17) is 0 Å². The van der Waals surface area contributed by atoms with Crippen molar-refractivity contribution in [1.29, 1.82) is 0 Å². The Morgan fingerprint density at radius 3 is 1.47 bits per heavy atom. The molecular formula is C13H11PPd. The molecule has 0 saturated carbocycles. The maximum absolute atomic E-state index is 3.22. The van der Waals surface area contributed by atoms with Crippen molar-refractivity contribution in [3.05, 3.63) is 60.7 Å². The second kappa shape index (κ2) is 5.48. The van der Waals surface area contributed by atoms with Crippen molar-refractivity contribution >= 4 is 22.8 Å². The van der Waals surface area contributed by atoms with E-state index in [0.29, 0.717) is 0 Å². The summed E-state index contributed by atoms with van der Waals surface area (Å²) in [5.74, 6) is 0. The summed E-state index contributed by atoms with van der Waals surface area (Å²) < 4.78 is 2.16. The molecule has 0 aliphatic carbocycles. The van der Waals surface area contributed by atoms with Crippen LogP contribution in [-0.2, 0) is 18.7 Å². The molecule has 0 aliphatic rings. The van der Waals surface area contributed by atoms with Gasteiger partial charge in [-0.3, -0.25) is 0 Å². The second-order valence-electron chi connectivity index (χ2n) is 3.12. The topological polar surface area (TPSA) is 0 Å². The van der Waals surface area contributed by atoms with Crippen LogP contribution in [0, 0.1) is 0 Å². The molecule has 0 atom stereocenters. The van der Waals surface area contributed by atoms with Gasteiger partial charge < -0.3 is 0 Å². The molecule has 0 aromatic heterocycles. The van der Waals surface area contributed by atoms with E-state index in [2.05, 4.69) is 83.6 Å². The van der Waals surface area contributed by atoms with Gasteiger partial charge in [-0.2, -0.15) is 0 Å². The van der Waals surface area contributed by atoms with E-state index < -0.39 is 0 Å². The Kier molecular flexibility index (Phi) is 3.98. The minimum atomic E-state index is -0.340. The fourth-order valence-corrected chi connectivity index (χ4v) is 4.28. The first kappa shape index (κ1) is 10.9. The van der Waals surface area contributed by atoms with Gasteiger partial charge in [-0.1, -0.05) is 0 Å². The van der Waals surface area contributed by atoms with Gasteiger partial charge in [0.15, 0.2) is 0 Å². The predicted octanol–water partition coefficient (Wildman–Crippen LogP) is 2.43. The van der Waals surface area contributed by atoms with E-state index in [1.807, 2.05) is 0 Å². The molecular weight excluding hydrogens is 294 g/mol. The van der Waals surface area contributed by atoms with Gasteiger partial charge in [0.05, 0.1) is 0 Å². The summed E-state index contributed by atoms with van der Waals surface area (Å²) >= 11 is 3.22. The van der Waals surface area contributed by atoms with E-state index in [1.165, 1.54) is 10.6 Å². The van der Waals surface area contributed by atoms with Crippen LogP contribution in [0.2, 0.25) is 0 Å². The second-order valence-corrected chi connectivity index (χ2v) is 6.26. The van der Waals surface area contributed by atoms with Gasteiger partial charge in [-0.25, -0.2) is 0 Å². The van der Waals surface area contributed by atoms with Crippen LogP contribution in [0.1, 0.15) is 0 Å². The van der Waals surface area contributed by atoms with Crippen LogP contribution in [-0.4, -0.2) is 4.23 Å². The average Bonchev–Trinajstić information content (AvgIpc) is 2.33. The van der Waals surface area contributed by atoms with Gasteiger partial charge in [0.25, 0.3) is 0 Å². The summed E-state index contributed by atoms with van der Waals surface area (Å²) in [6, 6.07) is 21.2. The molecule has 2 aromatic carbocycles. The molecule has 78 valence electrons. The Balaban J connectivity index is 2.38.